The zero-order valence-corrected chi connectivity index (χ0v) is 8.08. The number of hydrogen-bond acceptors (Lipinski definition) is 4. The van der Waals surface area contributed by atoms with Crippen LogP contribution in [0.5, 0.6) is 11.5 Å². The Hall–Kier alpha value is -1.78. The highest BCUT2D eigenvalue weighted by Gasteiger charge is 2.20. The van der Waals surface area contributed by atoms with Crippen molar-refractivity contribution in [3.8, 4) is 11.5 Å². The van der Waals surface area contributed by atoms with Crippen LogP contribution in [-0.4, -0.2) is 26.3 Å². The molecule has 0 spiro atoms. The molecule has 15 heavy (non-hydrogen) atoms. The normalized spacial score (nSPS) is 13.5. The lowest BCUT2D eigenvalue weighted by molar-refractivity contribution is 0.0594. The summed E-state index contributed by atoms with van der Waals surface area (Å²) < 4.78 is 28.2. The van der Waals surface area contributed by atoms with Crippen LogP contribution in [-0.2, 0) is 4.74 Å². The van der Waals surface area contributed by atoms with Gasteiger partial charge in [-0.25, -0.2) is 9.18 Å². The number of carbonyl (C=O) groups is 1. The zero-order chi connectivity index (χ0) is 10.8. The fourth-order valence-corrected chi connectivity index (χ4v) is 1.33. The van der Waals surface area contributed by atoms with Crippen LogP contribution >= 0.6 is 0 Å². The molecule has 0 aromatic heterocycles. The first-order chi connectivity index (χ1) is 7.22. The molecule has 1 aliphatic rings. The average Bonchev–Trinajstić information content (AvgIpc) is 2.27. The van der Waals surface area contributed by atoms with Crippen molar-refractivity contribution in [3.63, 3.8) is 0 Å². The highest BCUT2D eigenvalue weighted by atomic mass is 19.1. The first-order valence-corrected chi connectivity index (χ1v) is 4.40. The van der Waals surface area contributed by atoms with Crippen LogP contribution in [0, 0.1) is 5.82 Å². The van der Waals surface area contributed by atoms with E-state index >= 15 is 0 Å². The van der Waals surface area contributed by atoms with Gasteiger partial charge < -0.3 is 14.2 Å². The van der Waals surface area contributed by atoms with Crippen molar-refractivity contribution in [1.82, 2.24) is 0 Å². The molecule has 0 saturated carbocycles. The highest BCUT2D eigenvalue weighted by molar-refractivity contribution is 5.90. The molecule has 2 rings (SSSR count). The number of benzene rings is 1. The van der Waals surface area contributed by atoms with E-state index in [1.54, 1.807) is 0 Å². The van der Waals surface area contributed by atoms with Crippen LogP contribution in [0.4, 0.5) is 4.39 Å². The number of halogens is 1. The Bertz CT molecular complexity index is 403. The van der Waals surface area contributed by atoms with Gasteiger partial charge in [0.2, 0.25) is 0 Å². The minimum Gasteiger partial charge on any atom is -0.486 e. The first-order valence-electron chi connectivity index (χ1n) is 4.40. The molecular weight excluding hydrogens is 203 g/mol. The van der Waals surface area contributed by atoms with E-state index in [0.29, 0.717) is 24.7 Å². The maximum atomic E-state index is 13.4. The van der Waals surface area contributed by atoms with Gasteiger partial charge in [0.15, 0.2) is 11.5 Å². The molecule has 0 unspecified atom stereocenters. The van der Waals surface area contributed by atoms with Gasteiger partial charge in [-0.05, 0) is 0 Å². The molecule has 0 atom stereocenters. The minimum absolute atomic E-state index is 0.151. The van der Waals surface area contributed by atoms with Crippen molar-refractivity contribution in [1.29, 1.82) is 0 Å². The average molecular weight is 212 g/mol. The molecule has 1 aromatic carbocycles. The van der Waals surface area contributed by atoms with E-state index < -0.39 is 11.8 Å². The third-order valence-electron chi connectivity index (χ3n) is 2.04. The summed E-state index contributed by atoms with van der Waals surface area (Å²) in [6.45, 7) is 0.767. The lowest BCUT2D eigenvalue weighted by atomic mass is 10.2. The standard InChI is InChI=1S/C10H9FO4/c1-13-10(12)6-4-8-9(5-7(6)11)15-3-2-14-8/h4-5H,2-3H2,1H3. The fourth-order valence-electron chi connectivity index (χ4n) is 1.33. The topological polar surface area (TPSA) is 44.8 Å². The van der Waals surface area contributed by atoms with Crippen LogP contribution in [0.3, 0.4) is 0 Å². The van der Waals surface area contributed by atoms with Crippen LogP contribution in [0.25, 0.3) is 0 Å². The number of ether oxygens (including phenoxy) is 3. The molecule has 4 nitrogen and oxygen atoms in total. The molecule has 1 heterocycles. The van der Waals surface area contributed by atoms with E-state index in [2.05, 4.69) is 4.74 Å². The predicted molar refractivity (Wildman–Crippen MR) is 48.7 cm³/mol. The molecule has 0 amide bonds. The summed E-state index contributed by atoms with van der Waals surface area (Å²) in [5, 5.41) is 0. The second kappa shape index (κ2) is 3.76. The van der Waals surface area contributed by atoms with Crippen LogP contribution in [0.2, 0.25) is 0 Å². The Morgan fingerprint density at radius 3 is 2.53 bits per heavy atom. The largest absolute Gasteiger partial charge is 0.486 e. The number of rotatable bonds is 1. The Labute approximate surface area is 85.6 Å². The second-order valence-electron chi connectivity index (χ2n) is 2.97. The molecule has 0 aliphatic carbocycles. The van der Waals surface area contributed by atoms with Crippen molar-refractivity contribution in [2.24, 2.45) is 0 Å². The number of methoxy groups -OCH3 is 1. The summed E-state index contributed by atoms with van der Waals surface area (Å²) in [6.07, 6.45) is 0. The Kier molecular flexibility index (Phi) is 2.45. The maximum Gasteiger partial charge on any atom is 0.340 e. The monoisotopic (exact) mass is 212 g/mol. The molecule has 1 aliphatic heterocycles. The van der Waals surface area contributed by atoms with Gasteiger partial charge in [0.05, 0.1) is 12.7 Å². The summed E-state index contributed by atoms with van der Waals surface area (Å²) in [5.41, 5.74) is -0.151. The van der Waals surface area contributed by atoms with Gasteiger partial charge in [-0.1, -0.05) is 0 Å². The zero-order valence-electron chi connectivity index (χ0n) is 8.08. The minimum atomic E-state index is -0.732. The van der Waals surface area contributed by atoms with E-state index in [-0.39, 0.29) is 5.56 Å². The Balaban J connectivity index is 2.44. The van der Waals surface area contributed by atoms with Crippen LogP contribution in [0.15, 0.2) is 12.1 Å². The molecule has 0 fully saturated rings. The Morgan fingerprint density at radius 2 is 1.93 bits per heavy atom. The van der Waals surface area contributed by atoms with Crippen molar-refractivity contribution in [3.05, 3.63) is 23.5 Å². The van der Waals surface area contributed by atoms with E-state index in [4.69, 9.17) is 9.47 Å². The first kappa shape index (κ1) is 9.76. The van der Waals surface area contributed by atoms with Gasteiger partial charge in [-0.3, -0.25) is 0 Å². The van der Waals surface area contributed by atoms with Gasteiger partial charge in [-0.15, -0.1) is 0 Å². The van der Waals surface area contributed by atoms with Crippen molar-refractivity contribution in [2.45, 2.75) is 0 Å². The molecule has 80 valence electrons. The van der Waals surface area contributed by atoms with E-state index in [9.17, 15) is 9.18 Å². The van der Waals surface area contributed by atoms with Gasteiger partial charge >= 0.3 is 5.97 Å². The lowest BCUT2D eigenvalue weighted by Crippen LogP contribution is -2.16. The molecule has 0 radical (unpaired) electrons. The smallest absolute Gasteiger partial charge is 0.340 e. The molecule has 1 aromatic rings. The molecule has 0 saturated heterocycles. The van der Waals surface area contributed by atoms with E-state index in [1.165, 1.54) is 13.2 Å². The summed E-state index contributed by atoms with van der Waals surface area (Å²) in [7, 11) is 1.19. The van der Waals surface area contributed by atoms with E-state index in [0.717, 1.165) is 6.07 Å². The lowest BCUT2D eigenvalue weighted by Gasteiger charge is -2.18. The Morgan fingerprint density at radius 1 is 1.33 bits per heavy atom. The number of fused-ring (bicyclic) bond motifs is 1. The molecule has 0 N–H and O–H groups in total. The molecular formula is C10H9FO4. The van der Waals surface area contributed by atoms with Gasteiger partial charge in [0.25, 0.3) is 0 Å². The quantitative estimate of drug-likeness (QED) is 0.660. The van der Waals surface area contributed by atoms with Crippen molar-refractivity contribution < 1.29 is 23.4 Å². The SMILES string of the molecule is COC(=O)c1cc2c(cc1F)OCCO2. The van der Waals surface area contributed by atoms with Gasteiger partial charge in [-0.2, -0.15) is 0 Å². The van der Waals surface area contributed by atoms with Gasteiger partial charge in [0, 0.05) is 12.1 Å². The summed E-state index contributed by atoms with van der Waals surface area (Å²) in [5.74, 6) is -0.731. The van der Waals surface area contributed by atoms with Crippen molar-refractivity contribution in [2.75, 3.05) is 20.3 Å². The second-order valence-corrected chi connectivity index (χ2v) is 2.97. The van der Waals surface area contributed by atoms with Crippen LogP contribution < -0.4 is 9.47 Å². The molecule has 5 heteroatoms. The summed E-state index contributed by atoms with van der Waals surface area (Å²) in [6, 6.07) is 2.41. The third-order valence-corrected chi connectivity index (χ3v) is 2.04. The maximum absolute atomic E-state index is 13.4. The van der Waals surface area contributed by atoms with Crippen molar-refractivity contribution >= 4 is 5.97 Å². The number of carbonyl (C=O) groups excluding carboxylic acids is 1. The summed E-state index contributed by atoms with van der Waals surface area (Å²) in [4.78, 5) is 11.2. The highest BCUT2D eigenvalue weighted by Crippen LogP contribution is 2.32. The fraction of sp³-hybridized carbons (Fsp3) is 0.300. The van der Waals surface area contributed by atoms with Gasteiger partial charge in [0.1, 0.15) is 19.0 Å². The summed E-state index contributed by atoms with van der Waals surface area (Å²) >= 11 is 0. The number of hydrogen-bond donors (Lipinski definition) is 0. The third kappa shape index (κ3) is 1.72. The predicted octanol–water partition coefficient (Wildman–Crippen LogP) is 1.38. The number of esters is 1. The van der Waals surface area contributed by atoms with E-state index in [1.807, 2.05) is 0 Å². The molecule has 0 bridgehead atoms. The van der Waals surface area contributed by atoms with Crippen LogP contribution in [0.1, 0.15) is 10.4 Å².